The molecule has 80 valence electrons. The molecule has 0 bridgehead atoms. The van der Waals surface area contributed by atoms with E-state index in [1.54, 1.807) is 0 Å². The minimum Gasteiger partial charge on any atom is -0.445 e. The highest BCUT2D eigenvalue weighted by Gasteiger charge is 2.09. The Balaban J connectivity index is 2.17. The number of hydrogen-bond donors (Lipinski definition) is 0. The quantitative estimate of drug-likeness (QED) is 0.785. The predicted molar refractivity (Wildman–Crippen MR) is 59.8 cm³/mol. The molecule has 2 rings (SSSR count). The zero-order chi connectivity index (χ0) is 11.4. The number of oxazole rings is 1. The number of benzene rings is 1. The van der Waals surface area contributed by atoms with Crippen molar-refractivity contribution in [1.29, 1.82) is 5.26 Å². The molecule has 0 unspecified atom stereocenters. The lowest BCUT2D eigenvalue weighted by Crippen LogP contribution is -1.89. The first-order valence-electron chi connectivity index (χ1n) is 5.15. The van der Waals surface area contributed by atoms with Crippen LogP contribution in [0.4, 0.5) is 0 Å². The van der Waals surface area contributed by atoms with Gasteiger partial charge in [-0.15, -0.1) is 0 Å². The van der Waals surface area contributed by atoms with E-state index in [1.807, 2.05) is 37.3 Å². The number of nitrogens with zero attached hydrogens (tertiary/aromatic N) is 2. The van der Waals surface area contributed by atoms with Crippen LogP contribution in [0.5, 0.6) is 0 Å². The summed E-state index contributed by atoms with van der Waals surface area (Å²) < 4.78 is 5.51. The zero-order valence-electron chi connectivity index (χ0n) is 9.10. The van der Waals surface area contributed by atoms with Crippen molar-refractivity contribution in [2.24, 2.45) is 0 Å². The maximum absolute atomic E-state index is 8.61. The molecule has 1 aromatic carbocycles. The summed E-state index contributed by atoms with van der Waals surface area (Å²) in [5.41, 5.74) is 1.90. The van der Waals surface area contributed by atoms with Gasteiger partial charge in [-0.25, -0.2) is 4.98 Å². The maximum atomic E-state index is 8.61. The van der Waals surface area contributed by atoms with Gasteiger partial charge in [-0.1, -0.05) is 30.3 Å². The van der Waals surface area contributed by atoms with Crippen molar-refractivity contribution in [3.63, 3.8) is 0 Å². The van der Waals surface area contributed by atoms with Gasteiger partial charge in [0, 0.05) is 6.42 Å². The van der Waals surface area contributed by atoms with Crippen LogP contribution in [-0.2, 0) is 12.8 Å². The summed E-state index contributed by atoms with van der Waals surface area (Å²) in [7, 11) is 0. The molecule has 1 aromatic heterocycles. The number of aryl methyl sites for hydroxylation is 1. The van der Waals surface area contributed by atoms with Crippen LogP contribution in [0.2, 0.25) is 0 Å². The summed E-state index contributed by atoms with van der Waals surface area (Å²) >= 11 is 0. The van der Waals surface area contributed by atoms with Crippen molar-refractivity contribution in [1.82, 2.24) is 4.98 Å². The van der Waals surface area contributed by atoms with Gasteiger partial charge in [-0.2, -0.15) is 5.26 Å². The largest absolute Gasteiger partial charge is 0.445 e. The van der Waals surface area contributed by atoms with Crippen molar-refractivity contribution in [2.75, 3.05) is 0 Å². The van der Waals surface area contributed by atoms with Gasteiger partial charge in [0.1, 0.15) is 5.76 Å². The first kappa shape index (κ1) is 10.4. The molecule has 16 heavy (non-hydrogen) atoms. The Kier molecular flexibility index (Phi) is 3.02. The Bertz CT molecular complexity index is 508. The first-order chi connectivity index (χ1) is 7.79. The van der Waals surface area contributed by atoms with Crippen LogP contribution >= 0.6 is 0 Å². The zero-order valence-corrected chi connectivity index (χ0v) is 9.10. The number of nitriles is 1. The highest BCUT2D eigenvalue weighted by Crippen LogP contribution is 2.14. The van der Waals surface area contributed by atoms with Crippen LogP contribution in [0.1, 0.15) is 22.9 Å². The Morgan fingerprint density at radius 3 is 2.75 bits per heavy atom. The summed E-state index contributed by atoms with van der Waals surface area (Å²) in [5, 5.41) is 8.61. The van der Waals surface area contributed by atoms with Crippen molar-refractivity contribution in [3.8, 4) is 6.07 Å². The molecule has 0 fully saturated rings. The SMILES string of the molecule is Cc1oc(Cc2ccccc2)nc1CC#N. The summed E-state index contributed by atoms with van der Waals surface area (Å²) in [6.07, 6.45) is 0.983. The van der Waals surface area contributed by atoms with Crippen LogP contribution < -0.4 is 0 Å². The van der Waals surface area contributed by atoms with E-state index in [9.17, 15) is 0 Å². The lowest BCUT2D eigenvalue weighted by molar-refractivity contribution is 0.480. The van der Waals surface area contributed by atoms with Crippen molar-refractivity contribution in [3.05, 3.63) is 53.2 Å². The minimum atomic E-state index is 0.310. The van der Waals surface area contributed by atoms with E-state index < -0.39 is 0 Å². The summed E-state index contributed by atoms with van der Waals surface area (Å²) in [6.45, 7) is 1.84. The van der Waals surface area contributed by atoms with E-state index in [0.29, 0.717) is 18.7 Å². The smallest absolute Gasteiger partial charge is 0.199 e. The second-order valence-corrected chi connectivity index (χ2v) is 3.61. The fourth-order valence-corrected chi connectivity index (χ4v) is 1.57. The molecule has 0 saturated carbocycles. The molecule has 3 nitrogen and oxygen atoms in total. The minimum absolute atomic E-state index is 0.310. The highest BCUT2D eigenvalue weighted by molar-refractivity contribution is 5.20. The number of aromatic nitrogens is 1. The average molecular weight is 212 g/mol. The van der Waals surface area contributed by atoms with E-state index in [-0.39, 0.29) is 0 Å². The second kappa shape index (κ2) is 4.63. The predicted octanol–water partition coefficient (Wildman–Crippen LogP) is 2.64. The second-order valence-electron chi connectivity index (χ2n) is 3.61. The van der Waals surface area contributed by atoms with Gasteiger partial charge >= 0.3 is 0 Å². The van der Waals surface area contributed by atoms with Gasteiger partial charge in [0.05, 0.1) is 18.2 Å². The van der Waals surface area contributed by atoms with Gasteiger partial charge in [-0.3, -0.25) is 0 Å². The Morgan fingerprint density at radius 2 is 2.06 bits per heavy atom. The molecule has 0 amide bonds. The molecule has 0 radical (unpaired) electrons. The third-order valence-electron chi connectivity index (χ3n) is 2.38. The molecule has 0 aliphatic rings. The summed E-state index contributed by atoms with van der Waals surface area (Å²) in [5.74, 6) is 1.42. The van der Waals surface area contributed by atoms with Crippen LogP contribution in [0, 0.1) is 18.3 Å². The normalized spacial score (nSPS) is 10.0. The van der Waals surface area contributed by atoms with Gasteiger partial charge in [0.15, 0.2) is 5.89 Å². The van der Waals surface area contributed by atoms with Gasteiger partial charge in [0.25, 0.3) is 0 Å². The Morgan fingerprint density at radius 1 is 1.31 bits per heavy atom. The molecule has 0 aliphatic heterocycles. The summed E-state index contributed by atoms with van der Waals surface area (Å²) in [6, 6.07) is 12.1. The fraction of sp³-hybridized carbons (Fsp3) is 0.231. The van der Waals surface area contributed by atoms with Crippen LogP contribution in [0.3, 0.4) is 0 Å². The highest BCUT2D eigenvalue weighted by atomic mass is 16.4. The molecule has 0 aliphatic carbocycles. The average Bonchev–Trinajstić information content (AvgIpc) is 2.61. The van der Waals surface area contributed by atoms with Crippen LogP contribution in [0.25, 0.3) is 0 Å². The molecular weight excluding hydrogens is 200 g/mol. The molecule has 0 saturated heterocycles. The molecule has 0 N–H and O–H groups in total. The molecule has 2 aromatic rings. The summed E-state index contributed by atoms with van der Waals surface area (Å²) in [4.78, 5) is 4.31. The monoisotopic (exact) mass is 212 g/mol. The van der Waals surface area contributed by atoms with E-state index in [4.69, 9.17) is 9.68 Å². The lowest BCUT2D eigenvalue weighted by atomic mass is 10.1. The lowest BCUT2D eigenvalue weighted by Gasteiger charge is -1.95. The standard InChI is InChI=1S/C13H12N2O/c1-10-12(7-8-14)15-13(16-10)9-11-5-3-2-4-6-11/h2-6H,7,9H2,1H3. The van der Waals surface area contributed by atoms with Crippen LogP contribution in [0.15, 0.2) is 34.7 Å². The molecule has 0 atom stereocenters. The van der Waals surface area contributed by atoms with E-state index in [2.05, 4.69) is 11.1 Å². The topological polar surface area (TPSA) is 49.8 Å². The maximum Gasteiger partial charge on any atom is 0.199 e. The fourth-order valence-electron chi connectivity index (χ4n) is 1.57. The van der Waals surface area contributed by atoms with E-state index in [1.165, 1.54) is 0 Å². The van der Waals surface area contributed by atoms with Crippen LogP contribution in [-0.4, -0.2) is 4.98 Å². The molecular formula is C13H12N2O. The van der Waals surface area contributed by atoms with Crippen molar-refractivity contribution < 1.29 is 4.42 Å². The van der Waals surface area contributed by atoms with Crippen molar-refractivity contribution in [2.45, 2.75) is 19.8 Å². The number of rotatable bonds is 3. The third kappa shape index (κ3) is 2.29. The van der Waals surface area contributed by atoms with E-state index >= 15 is 0 Å². The first-order valence-corrected chi connectivity index (χ1v) is 5.15. The van der Waals surface area contributed by atoms with Gasteiger partial charge in [-0.05, 0) is 12.5 Å². The van der Waals surface area contributed by atoms with Crippen molar-refractivity contribution >= 4 is 0 Å². The third-order valence-corrected chi connectivity index (χ3v) is 2.38. The van der Waals surface area contributed by atoms with Gasteiger partial charge in [0.2, 0.25) is 0 Å². The number of hydrogen-bond acceptors (Lipinski definition) is 3. The Labute approximate surface area is 94.4 Å². The van der Waals surface area contributed by atoms with E-state index in [0.717, 1.165) is 17.0 Å². The van der Waals surface area contributed by atoms with Gasteiger partial charge < -0.3 is 4.42 Å². The Hall–Kier alpha value is -2.08. The molecule has 1 heterocycles. The molecule has 0 spiro atoms. The molecule has 3 heteroatoms.